The number of aryl methyl sites for hydroxylation is 1. The molecule has 1 aromatic heterocycles. The SMILES string of the molecule is CCCCC(=CC(=O)c1ccc(O)cc1)NOc1ccc([N+](=O)[O-])cc1.CCCCC(=O)CC(=O)c1ccc(O)cc1.CCCCC(CC(=O)c1ccc(O)cc1)=NOc1ccc([N+](=O)[O-])cc1.CCCCc1oc2ccc([N+](=O)[O-])cc2c1C(=O)c1ccc(O)cc1.NOc1ccc([N+](=O)[O-])cc1. The molecule has 0 aliphatic heterocycles. The lowest BCUT2D eigenvalue weighted by Crippen LogP contribution is -2.19. The second-order valence-electron chi connectivity index (χ2n) is 22.9. The van der Waals surface area contributed by atoms with Crippen LogP contribution in [0.15, 0.2) is 209 Å². The maximum Gasteiger partial charge on any atom is 0.270 e. The average molecular weight is 1430 g/mol. The van der Waals surface area contributed by atoms with Crippen LogP contribution in [0.1, 0.15) is 164 Å². The van der Waals surface area contributed by atoms with Crippen molar-refractivity contribution in [1.82, 2.24) is 5.48 Å². The van der Waals surface area contributed by atoms with Gasteiger partial charge in [0.1, 0.15) is 45.9 Å². The summed E-state index contributed by atoms with van der Waals surface area (Å²) in [6.45, 7) is 8.12. The van der Waals surface area contributed by atoms with Crippen molar-refractivity contribution >= 4 is 68.3 Å². The van der Waals surface area contributed by atoms with E-state index in [4.69, 9.17) is 25.1 Å². The normalized spacial score (nSPS) is 10.7. The van der Waals surface area contributed by atoms with E-state index in [1.807, 2.05) is 27.7 Å². The predicted molar refractivity (Wildman–Crippen MR) is 387 cm³/mol. The van der Waals surface area contributed by atoms with Gasteiger partial charge in [-0.3, -0.25) is 64.4 Å². The summed E-state index contributed by atoms with van der Waals surface area (Å²) in [5, 5.41) is 84.1. The number of carbonyl (C=O) groups is 5. The summed E-state index contributed by atoms with van der Waals surface area (Å²) in [6, 6.07) is 44.9. The number of nitrogens with two attached hydrogens (primary N) is 1. The van der Waals surface area contributed by atoms with E-state index >= 15 is 0 Å². The number of oxime groups is 1. The smallest absolute Gasteiger partial charge is 0.270 e. The van der Waals surface area contributed by atoms with Gasteiger partial charge in [0.05, 0.1) is 49.5 Å². The van der Waals surface area contributed by atoms with Crippen LogP contribution in [-0.2, 0) is 11.2 Å². The number of aromatic hydroxyl groups is 4. The minimum atomic E-state index is -0.493. The number of hydrogen-bond acceptors (Lipinski definition) is 24. The van der Waals surface area contributed by atoms with Gasteiger partial charge < -0.3 is 39.4 Å². The number of phenolic OH excluding ortho intramolecular Hbond substituents is 4. The summed E-state index contributed by atoms with van der Waals surface area (Å²) in [7, 11) is 0. The van der Waals surface area contributed by atoms with Crippen molar-refractivity contribution in [3.05, 3.63) is 274 Å². The first-order valence-corrected chi connectivity index (χ1v) is 32.9. The van der Waals surface area contributed by atoms with Crippen LogP contribution in [0.5, 0.6) is 40.2 Å². The van der Waals surface area contributed by atoms with E-state index in [1.54, 1.807) is 24.3 Å². The van der Waals surface area contributed by atoms with Gasteiger partial charge >= 0.3 is 0 Å². The fourth-order valence-corrected chi connectivity index (χ4v) is 9.18. The number of ketones is 5. The molecule has 0 saturated heterocycles. The van der Waals surface area contributed by atoms with Crippen molar-refractivity contribution in [3.63, 3.8) is 0 Å². The van der Waals surface area contributed by atoms with Crippen LogP contribution in [0.3, 0.4) is 0 Å². The van der Waals surface area contributed by atoms with Gasteiger partial charge in [0.25, 0.3) is 22.7 Å². The predicted octanol–water partition coefficient (Wildman–Crippen LogP) is 16.8. The Labute approximate surface area is 597 Å². The Morgan fingerprint density at radius 1 is 0.481 bits per heavy atom. The van der Waals surface area contributed by atoms with Crippen molar-refractivity contribution in [3.8, 4) is 40.2 Å². The Hall–Kier alpha value is -13.0. The largest absolute Gasteiger partial charge is 0.508 e. The summed E-state index contributed by atoms with van der Waals surface area (Å²) in [5.74, 6) is 6.08. The monoisotopic (exact) mass is 1430 g/mol. The number of carbonyl (C=O) groups excluding carboxylic acids is 5. The van der Waals surface area contributed by atoms with E-state index < -0.39 is 19.7 Å². The molecule has 0 atom stereocenters. The van der Waals surface area contributed by atoms with Crippen LogP contribution in [0.4, 0.5) is 22.7 Å². The van der Waals surface area contributed by atoms with Gasteiger partial charge in [-0.2, -0.15) is 5.90 Å². The third kappa shape index (κ3) is 27.6. The Bertz CT molecular complexity index is 4390. The molecule has 28 nitrogen and oxygen atoms in total. The summed E-state index contributed by atoms with van der Waals surface area (Å²) >= 11 is 0. The van der Waals surface area contributed by atoms with Crippen molar-refractivity contribution < 1.29 is 83.0 Å². The fourth-order valence-electron chi connectivity index (χ4n) is 9.18. The molecule has 9 rings (SSSR count). The highest BCUT2D eigenvalue weighted by atomic mass is 16.7. The number of nitrogens with zero attached hydrogens (tertiary/aromatic N) is 5. The molecule has 28 heteroatoms. The number of phenols is 4. The molecule has 544 valence electrons. The number of Topliss-reactive ketones (excluding diaryl/α,β-unsaturated/α-hetero) is 3. The molecule has 0 unspecified atom stereocenters. The van der Waals surface area contributed by atoms with Crippen LogP contribution in [-0.4, -0.2) is 74.7 Å². The van der Waals surface area contributed by atoms with Crippen molar-refractivity contribution in [2.45, 2.75) is 118 Å². The van der Waals surface area contributed by atoms with Crippen LogP contribution in [0, 0.1) is 40.5 Å². The second kappa shape index (κ2) is 42.9. The van der Waals surface area contributed by atoms with E-state index in [1.165, 1.54) is 170 Å². The van der Waals surface area contributed by atoms with E-state index in [-0.39, 0.29) is 87.5 Å². The minimum Gasteiger partial charge on any atom is -0.508 e. The Kier molecular flexibility index (Phi) is 33.7. The van der Waals surface area contributed by atoms with Gasteiger partial charge in [0.2, 0.25) is 0 Å². The van der Waals surface area contributed by atoms with Gasteiger partial charge in [-0.15, -0.1) is 0 Å². The van der Waals surface area contributed by atoms with Crippen LogP contribution < -0.4 is 25.9 Å². The topological polar surface area (TPSA) is 430 Å². The minimum absolute atomic E-state index is 0.0140. The number of benzene rings is 8. The molecule has 8 aromatic carbocycles. The maximum absolute atomic E-state index is 13.0. The molecule has 1 heterocycles. The van der Waals surface area contributed by atoms with E-state index in [0.717, 1.165) is 51.4 Å². The van der Waals surface area contributed by atoms with Crippen LogP contribution in [0.2, 0.25) is 0 Å². The van der Waals surface area contributed by atoms with Crippen LogP contribution >= 0.6 is 0 Å². The second-order valence-corrected chi connectivity index (χ2v) is 22.9. The standard InChI is InChI=1S/2C19H20N2O5.C19H17NO5.C13H16O3.C6H6N2O3/c2*1-2-3-4-15(13-19(23)14-5-9-17(22)10-6-14)20-26-18-11-7-16(8-12-18)21(24)25;1-2-3-4-17-18(19(22)12-5-8-14(21)9-6-12)15-11-13(20(23)24)7-10-16(15)25-17;1-2-3-4-12(15)9-13(16)10-5-7-11(14)8-6-10;7-11-6-3-1-5(2-4-6)8(9)10/h5-12,22H,2-4,13H2,1H3;5-13,20,22H,2-4H2,1H3;5-11,21H,2-4H2,1H3;5-8,14H,2-4,9H2,1H3;1-4H,7H2. The number of hydrogen-bond donors (Lipinski definition) is 6. The van der Waals surface area contributed by atoms with Gasteiger partial charge in [0, 0.05) is 95.1 Å². The Balaban J connectivity index is 0.000000240. The Morgan fingerprint density at radius 3 is 1.34 bits per heavy atom. The Morgan fingerprint density at radius 2 is 0.885 bits per heavy atom. The first-order chi connectivity index (χ1) is 49.9. The number of allylic oxidation sites excluding steroid dienone is 2. The van der Waals surface area contributed by atoms with Gasteiger partial charge in [-0.05, 0) is 178 Å². The summed E-state index contributed by atoms with van der Waals surface area (Å²) in [6.07, 6.45) is 11.0. The summed E-state index contributed by atoms with van der Waals surface area (Å²) in [4.78, 5) is 116. The molecule has 104 heavy (non-hydrogen) atoms. The number of nitro benzene ring substituents is 4. The summed E-state index contributed by atoms with van der Waals surface area (Å²) < 4.78 is 5.81. The van der Waals surface area contributed by atoms with E-state index in [0.29, 0.717) is 98.9 Å². The van der Waals surface area contributed by atoms with Gasteiger partial charge in [0.15, 0.2) is 34.6 Å². The zero-order chi connectivity index (χ0) is 76.1. The third-order valence-corrected chi connectivity index (χ3v) is 14.9. The number of fused-ring (bicyclic) bond motifs is 1. The molecule has 9 aromatic rings. The number of non-ortho nitro benzene ring substituents is 4. The van der Waals surface area contributed by atoms with Gasteiger partial charge in [-0.1, -0.05) is 58.5 Å². The van der Waals surface area contributed by atoms with Crippen molar-refractivity contribution in [1.29, 1.82) is 0 Å². The lowest BCUT2D eigenvalue weighted by molar-refractivity contribution is -0.385. The maximum atomic E-state index is 13.0. The van der Waals surface area contributed by atoms with E-state index in [9.17, 15) is 79.7 Å². The average Bonchev–Trinajstić information content (AvgIpc) is 1.62. The number of hydroxylamine groups is 1. The molecule has 0 amide bonds. The van der Waals surface area contributed by atoms with Gasteiger partial charge in [-0.25, -0.2) is 5.48 Å². The lowest BCUT2D eigenvalue weighted by atomic mass is 9.98. The lowest BCUT2D eigenvalue weighted by Gasteiger charge is -2.11. The quantitative estimate of drug-likeness (QED) is 0.00569. The number of nitrogens with one attached hydrogen (secondary N) is 1. The molecule has 0 fully saturated rings. The van der Waals surface area contributed by atoms with Crippen molar-refractivity contribution in [2.24, 2.45) is 11.1 Å². The number of furan rings is 1. The van der Waals surface area contributed by atoms with E-state index in [2.05, 4.69) is 15.5 Å². The molecule has 7 N–H and O–H groups in total. The zero-order valence-corrected chi connectivity index (χ0v) is 57.4. The van der Waals surface area contributed by atoms with Crippen molar-refractivity contribution in [2.75, 3.05) is 0 Å². The zero-order valence-electron chi connectivity index (χ0n) is 57.4. The summed E-state index contributed by atoms with van der Waals surface area (Å²) in [5.41, 5.74) is 6.45. The molecule has 0 aliphatic rings. The molecular formula is C76H79N7O21. The molecule has 0 bridgehead atoms. The molecular weight excluding hydrogens is 1350 g/mol. The van der Waals surface area contributed by atoms with Crippen LogP contribution in [0.25, 0.3) is 11.0 Å². The highest BCUT2D eigenvalue weighted by Gasteiger charge is 2.24. The highest BCUT2D eigenvalue weighted by molar-refractivity contribution is 6.17. The third-order valence-electron chi connectivity index (χ3n) is 14.9. The molecule has 0 spiro atoms. The number of rotatable bonds is 32. The molecule has 0 saturated carbocycles. The molecule has 0 radical (unpaired) electrons. The number of unbranched alkanes of at least 4 members (excludes halogenated alkanes) is 4. The first-order valence-electron chi connectivity index (χ1n) is 32.9. The molecule has 0 aliphatic carbocycles. The number of nitro groups is 4. The fraction of sp³-hybridized carbons (Fsp3) is 0.237. The first kappa shape index (κ1) is 81.7. The highest BCUT2D eigenvalue weighted by Crippen LogP contribution is 2.33.